The Morgan fingerprint density at radius 2 is 2.17 bits per heavy atom. The van der Waals surface area contributed by atoms with Crippen molar-refractivity contribution in [3.05, 3.63) is 35.1 Å². The number of halogens is 1. The van der Waals surface area contributed by atoms with Gasteiger partial charge in [-0.25, -0.2) is 0 Å². The molecule has 1 heterocycles. The molecule has 1 aliphatic carbocycles. The fraction of sp³-hybridized carbons (Fsp3) is 0.529. The Kier molecular flexibility index (Phi) is 5.81. The van der Waals surface area contributed by atoms with E-state index in [2.05, 4.69) is 28.6 Å². The van der Waals surface area contributed by atoms with Gasteiger partial charge in [-0.05, 0) is 50.8 Å². The first-order valence-electron chi connectivity index (χ1n) is 8.12. The molecule has 1 aromatic carbocycles. The third-order valence-electron chi connectivity index (χ3n) is 4.29. The summed E-state index contributed by atoms with van der Waals surface area (Å²) in [6.07, 6.45) is 3.48. The van der Waals surface area contributed by atoms with E-state index in [4.69, 9.17) is 20.9 Å². The molecule has 0 bridgehead atoms. The third-order valence-corrected chi connectivity index (χ3v) is 5.71. The fourth-order valence-electron chi connectivity index (χ4n) is 2.95. The van der Waals surface area contributed by atoms with Gasteiger partial charge in [0.1, 0.15) is 0 Å². The van der Waals surface area contributed by atoms with Gasteiger partial charge in [-0.1, -0.05) is 16.8 Å². The first kappa shape index (κ1) is 17.7. The third kappa shape index (κ3) is 3.77. The second kappa shape index (κ2) is 7.87. The number of rotatable bonds is 7. The number of ether oxygens (including phenoxy) is 1. The Bertz CT molecular complexity index is 664. The second-order valence-electron chi connectivity index (χ2n) is 5.89. The fourth-order valence-corrected chi connectivity index (χ4v) is 4.09. The minimum Gasteiger partial charge on any atom is -0.377 e. The predicted molar refractivity (Wildman–Crippen MR) is 97.4 cm³/mol. The predicted octanol–water partition coefficient (Wildman–Crippen LogP) is 3.95. The van der Waals surface area contributed by atoms with E-state index in [1.54, 1.807) is 0 Å². The summed E-state index contributed by atoms with van der Waals surface area (Å²) in [5, 5.41) is 8.86. The largest absolute Gasteiger partial charge is 0.377 e. The molecule has 0 amide bonds. The van der Waals surface area contributed by atoms with Crippen LogP contribution in [0, 0.1) is 0 Å². The molecule has 1 fully saturated rings. The van der Waals surface area contributed by atoms with E-state index in [-0.39, 0.29) is 6.04 Å². The van der Waals surface area contributed by atoms with Gasteiger partial charge in [0.15, 0.2) is 5.82 Å². The zero-order valence-electron chi connectivity index (χ0n) is 14.0. The molecule has 24 heavy (non-hydrogen) atoms. The van der Waals surface area contributed by atoms with Gasteiger partial charge in [-0.3, -0.25) is 0 Å². The molecular weight excluding hydrogens is 346 g/mol. The molecule has 1 aromatic heterocycles. The van der Waals surface area contributed by atoms with Crippen LogP contribution < -0.4 is 5.32 Å². The van der Waals surface area contributed by atoms with Gasteiger partial charge in [0.05, 0.1) is 12.1 Å². The minimum absolute atomic E-state index is 0.0250. The Morgan fingerprint density at radius 3 is 2.83 bits per heavy atom. The van der Waals surface area contributed by atoms with Crippen LogP contribution in [0.25, 0.3) is 11.5 Å². The summed E-state index contributed by atoms with van der Waals surface area (Å²) < 4.78 is 11.1. The van der Waals surface area contributed by atoms with Crippen molar-refractivity contribution in [3.63, 3.8) is 0 Å². The van der Waals surface area contributed by atoms with Gasteiger partial charge in [0, 0.05) is 28.5 Å². The molecular formula is C17H22ClN3O2S. The van der Waals surface area contributed by atoms with E-state index in [9.17, 15) is 0 Å². The second-order valence-corrected chi connectivity index (χ2v) is 7.34. The molecule has 4 atom stereocenters. The first-order chi connectivity index (χ1) is 11.6. The quantitative estimate of drug-likeness (QED) is 0.799. The first-order valence-corrected chi connectivity index (χ1v) is 9.79. The molecule has 0 spiro atoms. The van der Waals surface area contributed by atoms with Crippen molar-refractivity contribution in [2.24, 2.45) is 0 Å². The molecule has 0 saturated heterocycles. The number of nitrogens with zero attached hydrogens (tertiary/aromatic N) is 2. The molecule has 2 aromatic rings. The van der Waals surface area contributed by atoms with Crippen molar-refractivity contribution in [1.29, 1.82) is 0 Å². The summed E-state index contributed by atoms with van der Waals surface area (Å²) in [4.78, 5) is 4.51. The molecule has 130 valence electrons. The van der Waals surface area contributed by atoms with Gasteiger partial charge >= 0.3 is 0 Å². The van der Waals surface area contributed by atoms with E-state index in [1.807, 2.05) is 43.0 Å². The standard InChI is InChI=1S/C17H22ClN3O2S/c1-4-22-14-9-13(15(14)24-3)19-10(2)16-20-17(23-21-16)11-5-7-12(18)8-6-11/h5-8,10,13-15,19H,4,9H2,1-3H3/t10-,13-,14+,15+/m0/s1. The molecule has 1 aliphatic rings. The lowest BCUT2D eigenvalue weighted by molar-refractivity contribution is -0.00530. The van der Waals surface area contributed by atoms with Crippen LogP contribution in [0.15, 0.2) is 28.8 Å². The average molecular weight is 368 g/mol. The van der Waals surface area contributed by atoms with Crippen LogP contribution in [0.3, 0.4) is 0 Å². The zero-order valence-corrected chi connectivity index (χ0v) is 15.6. The number of aromatic nitrogens is 2. The summed E-state index contributed by atoms with van der Waals surface area (Å²) >= 11 is 7.75. The van der Waals surface area contributed by atoms with Crippen molar-refractivity contribution in [3.8, 4) is 11.5 Å². The lowest BCUT2D eigenvalue weighted by atomic mass is 9.87. The zero-order chi connectivity index (χ0) is 17.1. The van der Waals surface area contributed by atoms with Gasteiger partial charge in [-0.15, -0.1) is 0 Å². The summed E-state index contributed by atoms with van der Waals surface area (Å²) in [5.74, 6) is 1.18. The van der Waals surface area contributed by atoms with E-state index in [0.29, 0.717) is 34.1 Å². The molecule has 5 nitrogen and oxygen atoms in total. The monoisotopic (exact) mass is 367 g/mol. The highest BCUT2D eigenvalue weighted by Gasteiger charge is 2.42. The number of thioether (sulfide) groups is 1. The summed E-state index contributed by atoms with van der Waals surface area (Å²) in [7, 11) is 0. The Morgan fingerprint density at radius 1 is 1.42 bits per heavy atom. The molecule has 1 saturated carbocycles. The van der Waals surface area contributed by atoms with Crippen LogP contribution in [0.4, 0.5) is 0 Å². The highest BCUT2D eigenvalue weighted by molar-refractivity contribution is 7.99. The van der Waals surface area contributed by atoms with Crippen LogP contribution in [-0.4, -0.2) is 40.4 Å². The van der Waals surface area contributed by atoms with Crippen molar-refractivity contribution in [1.82, 2.24) is 15.5 Å². The van der Waals surface area contributed by atoms with Gasteiger partial charge in [0.2, 0.25) is 0 Å². The summed E-state index contributed by atoms with van der Waals surface area (Å²) in [5.41, 5.74) is 0.868. The van der Waals surface area contributed by atoms with Crippen LogP contribution in [-0.2, 0) is 4.74 Å². The summed E-state index contributed by atoms with van der Waals surface area (Å²) in [6, 6.07) is 7.81. The van der Waals surface area contributed by atoms with E-state index in [0.717, 1.165) is 18.6 Å². The number of benzene rings is 1. The normalized spacial score (nSPS) is 24.6. The Balaban J connectivity index is 1.62. The van der Waals surface area contributed by atoms with Gasteiger partial charge in [-0.2, -0.15) is 16.7 Å². The van der Waals surface area contributed by atoms with Crippen molar-refractivity contribution >= 4 is 23.4 Å². The van der Waals surface area contributed by atoms with Crippen molar-refractivity contribution in [2.75, 3.05) is 12.9 Å². The van der Waals surface area contributed by atoms with Crippen LogP contribution in [0.5, 0.6) is 0 Å². The molecule has 0 radical (unpaired) electrons. The highest BCUT2D eigenvalue weighted by Crippen LogP contribution is 2.34. The van der Waals surface area contributed by atoms with E-state index < -0.39 is 0 Å². The van der Waals surface area contributed by atoms with Crippen molar-refractivity contribution in [2.45, 2.75) is 43.7 Å². The van der Waals surface area contributed by atoms with Gasteiger partial charge < -0.3 is 14.6 Å². The molecule has 0 unspecified atom stereocenters. The average Bonchev–Trinajstić information content (AvgIpc) is 3.04. The lowest BCUT2D eigenvalue weighted by Crippen LogP contribution is -2.57. The molecule has 0 aliphatic heterocycles. The van der Waals surface area contributed by atoms with Crippen LogP contribution in [0.2, 0.25) is 5.02 Å². The maximum Gasteiger partial charge on any atom is 0.257 e. The van der Waals surface area contributed by atoms with E-state index >= 15 is 0 Å². The number of hydrogen-bond donors (Lipinski definition) is 1. The topological polar surface area (TPSA) is 60.2 Å². The maximum atomic E-state index is 5.91. The van der Waals surface area contributed by atoms with Crippen LogP contribution >= 0.6 is 23.4 Å². The molecule has 3 rings (SSSR count). The van der Waals surface area contributed by atoms with Crippen molar-refractivity contribution < 1.29 is 9.26 Å². The molecule has 1 N–H and O–H groups in total. The van der Waals surface area contributed by atoms with Gasteiger partial charge in [0.25, 0.3) is 5.89 Å². The SMILES string of the molecule is CCO[C@@H]1C[C@H](N[C@@H](C)c2noc(-c3ccc(Cl)cc3)n2)[C@H]1SC. The smallest absolute Gasteiger partial charge is 0.257 e. The maximum absolute atomic E-state index is 5.91. The number of nitrogens with one attached hydrogen (secondary N) is 1. The lowest BCUT2D eigenvalue weighted by Gasteiger charge is -2.44. The van der Waals surface area contributed by atoms with Crippen LogP contribution in [0.1, 0.15) is 32.1 Å². The van der Waals surface area contributed by atoms with E-state index in [1.165, 1.54) is 0 Å². The number of hydrogen-bond acceptors (Lipinski definition) is 6. The highest BCUT2D eigenvalue weighted by atomic mass is 35.5. The molecule has 7 heteroatoms. The minimum atomic E-state index is 0.0250. The Labute approximate surface area is 151 Å². The Hall–Kier alpha value is -1.08. The summed E-state index contributed by atoms with van der Waals surface area (Å²) in [6.45, 7) is 4.86.